The largest absolute Gasteiger partial charge is 0.416 e. The number of rotatable bonds is 6. The summed E-state index contributed by atoms with van der Waals surface area (Å²) in [5.41, 5.74) is 0.895. The van der Waals surface area contributed by atoms with Crippen LogP contribution >= 0.6 is 11.8 Å². The molecule has 0 atom stereocenters. The lowest BCUT2D eigenvalue weighted by Gasteiger charge is -2.11. The van der Waals surface area contributed by atoms with E-state index in [1.807, 2.05) is 6.07 Å². The molecule has 1 heterocycles. The highest BCUT2D eigenvalue weighted by molar-refractivity contribution is 7.99. The number of aromatic nitrogens is 2. The van der Waals surface area contributed by atoms with E-state index in [9.17, 15) is 4.39 Å². The molecule has 0 amide bonds. The van der Waals surface area contributed by atoms with E-state index in [0.29, 0.717) is 28.5 Å². The summed E-state index contributed by atoms with van der Waals surface area (Å²) in [5.74, 6) is 0.760. The van der Waals surface area contributed by atoms with Crippen molar-refractivity contribution in [2.45, 2.75) is 37.4 Å². The molecule has 1 aromatic carbocycles. The van der Waals surface area contributed by atoms with Gasteiger partial charge in [0.2, 0.25) is 5.89 Å². The highest BCUT2D eigenvalue weighted by atomic mass is 32.2. The van der Waals surface area contributed by atoms with E-state index in [1.165, 1.54) is 17.8 Å². The molecule has 2 rings (SSSR count). The van der Waals surface area contributed by atoms with Crippen LogP contribution in [0.15, 0.2) is 32.7 Å². The summed E-state index contributed by atoms with van der Waals surface area (Å²) in [4.78, 5) is 0.535. The summed E-state index contributed by atoms with van der Waals surface area (Å²) in [7, 11) is 0. The number of hydrogen-bond donors (Lipinski definition) is 1. The quantitative estimate of drug-likeness (QED) is 0.885. The lowest BCUT2D eigenvalue weighted by Crippen LogP contribution is -2.19. The minimum Gasteiger partial charge on any atom is -0.416 e. The molecule has 0 aliphatic carbocycles. The average Bonchev–Trinajstić information content (AvgIpc) is 2.78. The Bertz CT molecular complexity index is 571. The second-order valence-corrected chi connectivity index (χ2v) is 5.90. The van der Waals surface area contributed by atoms with E-state index >= 15 is 0 Å². The molecule has 0 radical (unpaired) electrons. The van der Waals surface area contributed by atoms with Gasteiger partial charge in [-0.3, -0.25) is 0 Å². The highest BCUT2D eigenvalue weighted by Gasteiger charge is 2.13. The molecule has 0 aliphatic rings. The molecular formula is C14H18FN3OS. The van der Waals surface area contributed by atoms with Gasteiger partial charge < -0.3 is 9.73 Å². The Morgan fingerprint density at radius 1 is 1.35 bits per heavy atom. The van der Waals surface area contributed by atoms with Gasteiger partial charge in [0, 0.05) is 13.5 Å². The monoisotopic (exact) mass is 295 g/mol. The van der Waals surface area contributed by atoms with E-state index in [-0.39, 0.29) is 5.82 Å². The molecule has 1 N–H and O–H groups in total. The molecule has 0 fully saturated rings. The molecule has 1 aromatic heterocycles. The van der Waals surface area contributed by atoms with Crippen molar-refractivity contribution in [3.05, 3.63) is 35.5 Å². The second kappa shape index (κ2) is 6.85. The third-order valence-electron chi connectivity index (χ3n) is 2.61. The van der Waals surface area contributed by atoms with Gasteiger partial charge in [0.25, 0.3) is 5.22 Å². The van der Waals surface area contributed by atoms with Gasteiger partial charge in [-0.15, -0.1) is 10.2 Å². The van der Waals surface area contributed by atoms with Crippen LogP contribution in [0.1, 0.15) is 25.3 Å². The van der Waals surface area contributed by atoms with Crippen LogP contribution in [0.25, 0.3) is 0 Å². The van der Waals surface area contributed by atoms with Gasteiger partial charge in [-0.05, 0) is 35.9 Å². The van der Waals surface area contributed by atoms with Crippen molar-refractivity contribution < 1.29 is 8.81 Å². The van der Waals surface area contributed by atoms with Crippen LogP contribution in [0.5, 0.6) is 0 Å². The fourth-order valence-corrected chi connectivity index (χ4v) is 2.56. The van der Waals surface area contributed by atoms with Crippen molar-refractivity contribution in [2.24, 2.45) is 5.92 Å². The first-order chi connectivity index (χ1) is 9.56. The first-order valence-electron chi connectivity index (χ1n) is 6.52. The summed E-state index contributed by atoms with van der Waals surface area (Å²) < 4.78 is 19.3. The second-order valence-electron chi connectivity index (χ2n) is 4.94. The SMILES string of the molecule is Cc1nnc(Sc2c(F)cccc2CNCC(C)C)o1. The summed E-state index contributed by atoms with van der Waals surface area (Å²) >= 11 is 1.17. The van der Waals surface area contributed by atoms with Gasteiger partial charge in [-0.25, -0.2) is 4.39 Å². The Morgan fingerprint density at radius 2 is 2.15 bits per heavy atom. The summed E-state index contributed by atoms with van der Waals surface area (Å²) in [5, 5.41) is 11.3. The fraction of sp³-hybridized carbons (Fsp3) is 0.429. The Morgan fingerprint density at radius 3 is 2.80 bits per heavy atom. The Hall–Kier alpha value is -1.40. The lowest BCUT2D eigenvalue weighted by atomic mass is 10.2. The van der Waals surface area contributed by atoms with Gasteiger partial charge in [-0.1, -0.05) is 26.0 Å². The van der Waals surface area contributed by atoms with Crippen LogP contribution in [-0.2, 0) is 6.54 Å². The predicted octanol–water partition coefficient (Wildman–Crippen LogP) is 3.41. The lowest BCUT2D eigenvalue weighted by molar-refractivity contribution is 0.428. The van der Waals surface area contributed by atoms with Crippen molar-refractivity contribution in [3.8, 4) is 0 Å². The molecular weight excluding hydrogens is 277 g/mol. The molecule has 0 bridgehead atoms. The topological polar surface area (TPSA) is 51.0 Å². The normalized spacial score (nSPS) is 11.2. The van der Waals surface area contributed by atoms with Gasteiger partial charge in [0.15, 0.2) is 0 Å². The Balaban J connectivity index is 2.13. The van der Waals surface area contributed by atoms with Gasteiger partial charge >= 0.3 is 0 Å². The maximum absolute atomic E-state index is 14.0. The zero-order valence-corrected chi connectivity index (χ0v) is 12.6. The molecule has 108 valence electrons. The number of hydrogen-bond acceptors (Lipinski definition) is 5. The zero-order valence-electron chi connectivity index (χ0n) is 11.8. The third kappa shape index (κ3) is 4.05. The molecule has 0 saturated carbocycles. The fourth-order valence-electron chi connectivity index (χ4n) is 1.71. The number of nitrogens with one attached hydrogen (secondary N) is 1. The first-order valence-corrected chi connectivity index (χ1v) is 7.34. The molecule has 0 spiro atoms. The highest BCUT2D eigenvalue weighted by Crippen LogP contribution is 2.31. The van der Waals surface area contributed by atoms with Gasteiger partial charge in [0.05, 0.1) is 4.90 Å². The number of halogens is 1. The summed E-state index contributed by atoms with van der Waals surface area (Å²) in [6.07, 6.45) is 0. The maximum atomic E-state index is 14.0. The van der Waals surface area contributed by atoms with Crippen molar-refractivity contribution in [3.63, 3.8) is 0 Å². The molecule has 0 aliphatic heterocycles. The molecule has 6 heteroatoms. The third-order valence-corrected chi connectivity index (χ3v) is 3.61. The number of aryl methyl sites for hydroxylation is 1. The van der Waals surface area contributed by atoms with Crippen LogP contribution in [0.3, 0.4) is 0 Å². The Labute approximate surface area is 122 Å². The maximum Gasteiger partial charge on any atom is 0.281 e. The van der Waals surface area contributed by atoms with E-state index < -0.39 is 0 Å². The molecule has 4 nitrogen and oxygen atoms in total. The molecule has 0 unspecified atom stereocenters. The van der Waals surface area contributed by atoms with Crippen molar-refractivity contribution in [1.29, 1.82) is 0 Å². The van der Waals surface area contributed by atoms with Crippen LogP contribution in [0, 0.1) is 18.7 Å². The predicted molar refractivity (Wildman–Crippen MR) is 76.1 cm³/mol. The average molecular weight is 295 g/mol. The van der Waals surface area contributed by atoms with Gasteiger partial charge in [-0.2, -0.15) is 0 Å². The van der Waals surface area contributed by atoms with Crippen molar-refractivity contribution >= 4 is 11.8 Å². The minimum absolute atomic E-state index is 0.269. The number of benzene rings is 1. The van der Waals surface area contributed by atoms with E-state index in [4.69, 9.17) is 4.42 Å². The standard InChI is InChI=1S/C14H18FN3OS/c1-9(2)7-16-8-11-5-4-6-12(15)13(11)20-14-18-17-10(3)19-14/h4-6,9,16H,7-8H2,1-3H3. The van der Waals surface area contributed by atoms with Crippen molar-refractivity contribution in [2.75, 3.05) is 6.54 Å². The van der Waals surface area contributed by atoms with E-state index in [0.717, 1.165) is 12.1 Å². The number of nitrogens with zero attached hydrogens (tertiary/aromatic N) is 2. The molecule has 2 aromatic rings. The van der Waals surface area contributed by atoms with E-state index in [1.54, 1.807) is 13.0 Å². The zero-order chi connectivity index (χ0) is 14.5. The minimum atomic E-state index is -0.269. The van der Waals surface area contributed by atoms with Crippen LogP contribution in [0.2, 0.25) is 0 Å². The van der Waals surface area contributed by atoms with E-state index in [2.05, 4.69) is 29.4 Å². The van der Waals surface area contributed by atoms with Crippen LogP contribution < -0.4 is 5.32 Å². The Kier molecular flexibility index (Phi) is 5.14. The first kappa shape index (κ1) is 15.0. The van der Waals surface area contributed by atoms with Gasteiger partial charge in [0.1, 0.15) is 5.82 Å². The molecule has 20 heavy (non-hydrogen) atoms. The smallest absolute Gasteiger partial charge is 0.281 e. The van der Waals surface area contributed by atoms with Crippen molar-refractivity contribution in [1.82, 2.24) is 15.5 Å². The van der Waals surface area contributed by atoms with Crippen LogP contribution in [0.4, 0.5) is 4.39 Å². The van der Waals surface area contributed by atoms with Crippen LogP contribution in [-0.4, -0.2) is 16.7 Å². The molecule has 0 saturated heterocycles. The summed E-state index contributed by atoms with van der Waals surface area (Å²) in [6.45, 7) is 7.49. The summed E-state index contributed by atoms with van der Waals surface area (Å²) in [6, 6.07) is 5.06.